The van der Waals surface area contributed by atoms with Crippen LogP contribution in [-0.4, -0.2) is 151 Å². The highest BCUT2D eigenvalue weighted by atomic mass is 32.1. The molecule has 6 aliphatic heterocycles. The van der Waals surface area contributed by atoms with Crippen LogP contribution in [0.15, 0.2) is 48.8 Å². The Hall–Kier alpha value is -5.46. The summed E-state index contributed by atoms with van der Waals surface area (Å²) in [6.45, 7) is 16.6. The van der Waals surface area contributed by atoms with E-state index in [2.05, 4.69) is 58.7 Å². The number of piperidine rings is 2. The molecular weight excluding hydrogens is 891 g/mol. The highest BCUT2D eigenvalue weighted by Gasteiger charge is 2.44. The molecule has 5 saturated heterocycles. The van der Waals surface area contributed by atoms with Crippen LogP contribution in [-0.2, 0) is 35.7 Å². The third-order valence-electron chi connectivity index (χ3n) is 15.8. The summed E-state index contributed by atoms with van der Waals surface area (Å²) in [5.74, 6) is 2.50. The van der Waals surface area contributed by atoms with E-state index in [1.54, 1.807) is 34.7 Å². The molecule has 11 rings (SSSR count). The lowest BCUT2D eigenvalue weighted by Gasteiger charge is -2.42. The van der Waals surface area contributed by atoms with Gasteiger partial charge in [-0.25, -0.2) is 19.9 Å². The molecule has 0 saturated carbocycles. The molecule has 9 heterocycles. The van der Waals surface area contributed by atoms with Gasteiger partial charge in [-0.3, -0.25) is 19.4 Å². The highest BCUT2D eigenvalue weighted by Crippen LogP contribution is 2.43. The van der Waals surface area contributed by atoms with E-state index in [1.165, 1.54) is 16.5 Å². The Bertz CT molecular complexity index is 2680. The molecule has 0 spiro atoms. The zero-order chi connectivity index (χ0) is 47.3. The fourth-order valence-electron chi connectivity index (χ4n) is 12.0. The van der Waals surface area contributed by atoms with Crippen LogP contribution < -0.4 is 10.6 Å². The van der Waals surface area contributed by atoms with Crippen LogP contribution in [0.2, 0.25) is 0 Å². The van der Waals surface area contributed by atoms with Crippen molar-refractivity contribution in [3.8, 4) is 22.9 Å². The minimum absolute atomic E-state index is 0.0117. The van der Waals surface area contributed by atoms with Crippen molar-refractivity contribution in [1.29, 1.82) is 0 Å². The van der Waals surface area contributed by atoms with Crippen molar-refractivity contribution in [3.63, 3.8) is 0 Å². The third-order valence-corrected chi connectivity index (χ3v) is 16.9. The smallest absolute Gasteiger partial charge is 0.258 e. The van der Waals surface area contributed by atoms with E-state index in [0.717, 1.165) is 143 Å². The number of piperazine rings is 1. The number of aromatic hydroxyl groups is 2. The van der Waals surface area contributed by atoms with Gasteiger partial charge in [0.15, 0.2) is 11.6 Å². The number of amides is 2. The largest absolute Gasteiger partial charge is 0.508 e. The minimum Gasteiger partial charge on any atom is -0.508 e. The molecule has 6 aliphatic rings. The van der Waals surface area contributed by atoms with Crippen molar-refractivity contribution in [3.05, 3.63) is 81.5 Å². The average molecular weight is 956 g/mol. The number of anilines is 2. The number of nitrogens with two attached hydrogens (primary N) is 1. The molecule has 5 aromatic rings. The summed E-state index contributed by atoms with van der Waals surface area (Å²) in [7, 11) is 0. The predicted octanol–water partition coefficient (Wildman–Crippen LogP) is 6.06. The number of fused-ring (bicyclic) bond motifs is 4. The van der Waals surface area contributed by atoms with Crippen LogP contribution in [0.1, 0.15) is 95.8 Å². The number of thiophene rings is 1. The molecular formula is C52H65N11O5S. The van der Waals surface area contributed by atoms with E-state index in [9.17, 15) is 19.8 Å². The van der Waals surface area contributed by atoms with Gasteiger partial charge in [-0.1, -0.05) is 32.0 Å². The molecule has 69 heavy (non-hydrogen) atoms. The van der Waals surface area contributed by atoms with Gasteiger partial charge in [0.1, 0.15) is 11.5 Å². The summed E-state index contributed by atoms with van der Waals surface area (Å²) >= 11 is 1.79. The molecule has 16 nitrogen and oxygen atoms in total. The van der Waals surface area contributed by atoms with E-state index in [-0.39, 0.29) is 40.8 Å². The molecule has 3 aromatic heterocycles. The molecule has 0 aliphatic carbocycles. The zero-order valence-corrected chi connectivity index (χ0v) is 40.7. The van der Waals surface area contributed by atoms with Gasteiger partial charge in [0.25, 0.3) is 5.91 Å². The first-order valence-electron chi connectivity index (χ1n) is 25.2. The highest BCUT2D eigenvalue weighted by molar-refractivity contribution is 7.19. The van der Waals surface area contributed by atoms with Crippen molar-refractivity contribution in [2.75, 3.05) is 82.8 Å². The Labute approximate surface area is 408 Å². The van der Waals surface area contributed by atoms with Gasteiger partial charge in [0, 0.05) is 126 Å². The second-order valence-electron chi connectivity index (χ2n) is 20.6. The number of aromatic nitrogens is 4. The van der Waals surface area contributed by atoms with E-state index in [1.807, 2.05) is 13.8 Å². The number of morpholine rings is 1. The van der Waals surface area contributed by atoms with Gasteiger partial charge in [0.2, 0.25) is 11.9 Å². The second-order valence-corrected chi connectivity index (χ2v) is 21.8. The number of phenols is 2. The third kappa shape index (κ3) is 9.60. The number of phenolic OH excluding ortho intramolecular Hbond substituents is 2. The first-order valence-corrected chi connectivity index (χ1v) is 26.0. The molecule has 4 N–H and O–H groups in total. The summed E-state index contributed by atoms with van der Waals surface area (Å²) in [4.78, 5) is 61.5. The van der Waals surface area contributed by atoms with E-state index >= 15 is 0 Å². The normalized spacial score (nSPS) is 22.8. The molecule has 2 amide bonds. The Kier molecular flexibility index (Phi) is 12.9. The maximum Gasteiger partial charge on any atom is 0.258 e. The SMILES string of the molecule is CC(C)c1cc(C(=O)N2Cc3ccc(CN4CCN(CC5CCN(C(=O)C6CC7CCC(C6)N7Cc6cc7nc(-c8cnc(N)nc8)nc(N8CCOCC8)c7s6)CC5)CC4)cc3C2)c(O)cc1O. The van der Waals surface area contributed by atoms with Crippen LogP contribution in [0.3, 0.4) is 0 Å². The first-order chi connectivity index (χ1) is 33.5. The minimum atomic E-state index is -0.220. The van der Waals surface area contributed by atoms with Crippen molar-refractivity contribution in [1.82, 2.24) is 44.4 Å². The quantitative estimate of drug-likeness (QED) is 0.139. The van der Waals surface area contributed by atoms with E-state index in [0.29, 0.717) is 61.6 Å². The van der Waals surface area contributed by atoms with E-state index < -0.39 is 0 Å². The topological polar surface area (TPSA) is 181 Å². The van der Waals surface area contributed by atoms with Gasteiger partial charge in [-0.05, 0) is 84.7 Å². The molecule has 5 fully saturated rings. The Morgan fingerprint density at radius 3 is 2.23 bits per heavy atom. The Morgan fingerprint density at radius 1 is 0.797 bits per heavy atom. The lowest BCUT2D eigenvalue weighted by atomic mass is 9.88. The van der Waals surface area contributed by atoms with Crippen molar-refractivity contribution in [2.24, 2.45) is 11.8 Å². The predicted molar refractivity (Wildman–Crippen MR) is 266 cm³/mol. The molecule has 364 valence electrons. The summed E-state index contributed by atoms with van der Waals surface area (Å²) in [5.41, 5.74) is 11.9. The van der Waals surface area contributed by atoms with Crippen molar-refractivity contribution >= 4 is 45.1 Å². The summed E-state index contributed by atoms with van der Waals surface area (Å²) in [5, 5.41) is 20.8. The molecule has 2 aromatic carbocycles. The average Bonchev–Trinajstić information content (AvgIpc) is 4.04. The maximum absolute atomic E-state index is 14.1. The lowest BCUT2D eigenvalue weighted by Crippen LogP contribution is -2.50. The first kappa shape index (κ1) is 46.0. The van der Waals surface area contributed by atoms with Gasteiger partial charge in [-0.2, -0.15) is 0 Å². The number of hydrogen-bond donors (Lipinski definition) is 3. The van der Waals surface area contributed by atoms with Gasteiger partial charge < -0.3 is 40.3 Å². The summed E-state index contributed by atoms with van der Waals surface area (Å²) < 4.78 is 6.78. The number of likely N-dealkylation sites (tertiary alicyclic amines) is 1. The summed E-state index contributed by atoms with van der Waals surface area (Å²) in [6.07, 6.45) is 9.72. The van der Waals surface area contributed by atoms with Crippen LogP contribution in [0.5, 0.6) is 11.5 Å². The number of nitrogen functional groups attached to an aromatic ring is 1. The monoisotopic (exact) mass is 955 g/mol. The van der Waals surface area contributed by atoms with Crippen molar-refractivity contribution < 1.29 is 24.5 Å². The van der Waals surface area contributed by atoms with Crippen LogP contribution in [0.4, 0.5) is 11.8 Å². The molecule has 2 bridgehead atoms. The van der Waals surface area contributed by atoms with Gasteiger partial charge >= 0.3 is 0 Å². The number of carbonyl (C=O) groups excluding carboxylic acids is 2. The fourth-order valence-corrected chi connectivity index (χ4v) is 13.1. The van der Waals surface area contributed by atoms with Gasteiger partial charge in [-0.15, -0.1) is 11.3 Å². The number of nitrogens with zero attached hydrogens (tertiary/aromatic N) is 10. The number of benzene rings is 2. The molecule has 0 radical (unpaired) electrons. The van der Waals surface area contributed by atoms with Crippen LogP contribution in [0, 0.1) is 11.8 Å². The van der Waals surface area contributed by atoms with Crippen LogP contribution >= 0.6 is 11.3 Å². The fraction of sp³-hybridized carbons (Fsp3) is 0.538. The zero-order valence-electron chi connectivity index (χ0n) is 39.9. The van der Waals surface area contributed by atoms with E-state index in [4.69, 9.17) is 20.4 Å². The van der Waals surface area contributed by atoms with Crippen LogP contribution in [0.25, 0.3) is 21.6 Å². The number of ether oxygens (including phenoxy) is 1. The number of hydrogen-bond acceptors (Lipinski definition) is 15. The Morgan fingerprint density at radius 2 is 1.51 bits per heavy atom. The Balaban J connectivity index is 0.638. The standard InChI is InChI=1S/C52H65N11O5S/c1-32(2)42-23-43(46(65)24-45(42)64)51(67)62-29-35-4-3-34(19-37(35)30-62)28-59-13-11-58(12-14-59)27-33-7-9-61(10-8-33)50(66)36-20-39-5-6-40(21-36)63(39)31-41-22-44-47(69-41)49(60-15-17-68-18-16-60)57-48(56-44)38-25-54-52(53)55-26-38/h3-4,19,22-26,32-33,36,39-40,64-65H,5-18,20-21,27-31H2,1-2H3,(H2,53,54,55). The van der Waals surface area contributed by atoms with Gasteiger partial charge in [0.05, 0.1) is 34.6 Å². The lowest BCUT2D eigenvalue weighted by molar-refractivity contribution is -0.139. The number of carbonyl (C=O) groups is 2. The van der Waals surface area contributed by atoms with Crippen molar-refractivity contribution in [2.45, 2.75) is 96.6 Å². The number of rotatable bonds is 11. The second kappa shape index (κ2) is 19.4. The molecule has 2 unspecified atom stereocenters. The summed E-state index contributed by atoms with van der Waals surface area (Å²) in [6, 6.07) is 12.6. The maximum atomic E-state index is 14.1. The molecule has 17 heteroatoms. The molecule has 2 atom stereocenters.